The summed E-state index contributed by atoms with van der Waals surface area (Å²) in [5.74, 6) is 0. The van der Waals surface area contributed by atoms with Crippen molar-refractivity contribution in [2.45, 2.75) is 26.0 Å². The maximum atomic E-state index is 9.77. The summed E-state index contributed by atoms with van der Waals surface area (Å²) >= 11 is 0. The van der Waals surface area contributed by atoms with E-state index < -0.39 is 0 Å². The average Bonchev–Trinajstić information content (AvgIpc) is 2.52. The van der Waals surface area contributed by atoms with E-state index in [1.54, 1.807) is 0 Å². The van der Waals surface area contributed by atoms with Gasteiger partial charge in [-0.15, -0.1) is 0 Å². The monoisotopic (exact) mass is 220 g/mol. The first-order chi connectivity index (χ1) is 7.81. The number of fused-ring (bicyclic) bond motifs is 1. The van der Waals surface area contributed by atoms with Crippen LogP contribution in [-0.4, -0.2) is 30.8 Å². The molecule has 0 fully saturated rings. The lowest BCUT2D eigenvalue weighted by Gasteiger charge is -2.26. The lowest BCUT2D eigenvalue weighted by atomic mass is 10.1. The molecule has 0 saturated heterocycles. The second-order valence-electron chi connectivity index (χ2n) is 4.31. The third-order valence-corrected chi connectivity index (χ3v) is 3.11. The molecule has 0 amide bonds. The summed E-state index contributed by atoms with van der Waals surface area (Å²) in [5, 5.41) is 13.2. The first-order valence-corrected chi connectivity index (χ1v) is 6.03. The second-order valence-corrected chi connectivity index (χ2v) is 4.31. The van der Waals surface area contributed by atoms with Gasteiger partial charge in [-0.1, -0.05) is 25.1 Å². The number of aliphatic hydroxyl groups excluding tert-OH is 1. The van der Waals surface area contributed by atoms with E-state index in [9.17, 15) is 5.11 Å². The molecule has 1 atom stereocenters. The Labute approximate surface area is 97.1 Å². The zero-order valence-corrected chi connectivity index (χ0v) is 9.82. The molecule has 88 valence electrons. The number of nitrogens with one attached hydrogen (secondary N) is 1. The van der Waals surface area contributed by atoms with Gasteiger partial charge >= 0.3 is 0 Å². The third-order valence-electron chi connectivity index (χ3n) is 3.11. The quantitative estimate of drug-likeness (QED) is 0.807. The van der Waals surface area contributed by atoms with Crippen molar-refractivity contribution < 1.29 is 5.11 Å². The fourth-order valence-electron chi connectivity index (χ4n) is 2.10. The van der Waals surface area contributed by atoms with Gasteiger partial charge in [0.1, 0.15) is 0 Å². The van der Waals surface area contributed by atoms with Crippen LogP contribution in [0.4, 0.5) is 5.69 Å². The number of β-amino-alcohol motifs (C(OH)–C–C–N with tert-alkyl or cyclic N) is 1. The van der Waals surface area contributed by atoms with Crippen molar-refractivity contribution in [3.05, 3.63) is 29.8 Å². The van der Waals surface area contributed by atoms with Crippen LogP contribution in [0.25, 0.3) is 0 Å². The van der Waals surface area contributed by atoms with Gasteiger partial charge < -0.3 is 15.3 Å². The van der Waals surface area contributed by atoms with Gasteiger partial charge in [-0.25, -0.2) is 0 Å². The van der Waals surface area contributed by atoms with E-state index in [2.05, 4.69) is 34.5 Å². The number of para-hydroxylation sites is 1. The maximum Gasteiger partial charge on any atom is 0.0712 e. The van der Waals surface area contributed by atoms with E-state index in [1.807, 2.05) is 6.92 Å². The van der Waals surface area contributed by atoms with E-state index in [0.717, 1.165) is 32.6 Å². The Morgan fingerprint density at radius 1 is 1.44 bits per heavy atom. The molecule has 0 aromatic heterocycles. The number of hydrogen-bond acceptors (Lipinski definition) is 3. The zero-order chi connectivity index (χ0) is 11.4. The molecular formula is C13H20N2O. The minimum Gasteiger partial charge on any atom is -0.391 e. The molecule has 0 bridgehead atoms. The first kappa shape index (κ1) is 11.4. The lowest BCUT2D eigenvalue weighted by molar-refractivity contribution is 0.176. The van der Waals surface area contributed by atoms with Gasteiger partial charge in [-0.05, 0) is 18.1 Å². The van der Waals surface area contributed by atoms with Crippen LogP contribution < -0.4 is 10.2 Å². The molecule has 2 rings (SSSR count). The molecule has 0 spiro atoms. The van der Waals surface area contributed by atoms with Crippen LogP contribution >= 0.6 is 0 Å². The van der Waals surface area contributed by atoms with Gasteiger partial charge in [0.2, 0.25) is 0 Å². The van der Waals surface area contributed by atoms with Gasteiger partial charge in [-0.2, -0.15) is 0 Å². The summed E-state index contributed by atoms with van der Waals surface area (Å²) < 4.78 is 0. The number of hydrogen-bond donors (Lipinski definition) is 2. The van der Waals surface area contributed by atoms with Crippen molar-refractivity contribution in [3.63, 3.8) is 0 Å². The fraction of sp³-hybridized carbons (Fsp3) is 0.538. The van der Waals surface area contributed by atoms with Gasteiger partial charge in [0, 0.05) is 31.9 Å². The first-order valence-electron chi connectivity index (χ1n) is 6.03. The van der Waals surface area contributed by atoms with Crippen molar-refractivity contribution in [2.24, 2.45) is 0 Å². The molecule has 0 saturated carbocycles. The van der Waals surface area contributed by atoms with Crippen LogP contribution in [0.15, 0.2) is 24.3 Å². The molecule has 0 radical (unpaired) electrons. The summed E-state index contributed by atoms with van der Waals surface area (Å²) in [6, 6.07) is 8.43. The topological polar surface area (TPSA) is 35.5 Å². The summed E-state index contributed by atoms with van der Waals surface area (Å²) in [7, 11) is 0. The van der Waals surface area contributed by atoms with E-state index in [0.29, 0.717) is 0 Å². The van der Waals surface area contributed by atoms with Gasteiger partial charge in [0.25, 0.3) is 0 Å². The Balaban J connectivity index is 2.19. The Morgan fingerprint density at radius 2 is 2.25 bits per heavy atom. The zero-order valence-electron chi connectivity index (χ0n) is 9.82. The predicted octanol–water partition coefficient (Wildman–Crippen LogP) is 1.37. The van der Waals surface area contributed by atoms with Crippen molar-refractivity contribution in [2.75, 3.05) is 24.5 Å². The Morgan fingerprint density at radius 3 is 3.06 bits per heavy atom. The van der Waals surface area contributed by atoms with E-state index >= 15 is 0 Å². The van der Waals surface area contributed by atoms with Crippen molar-refractivity contribution in [1.82, 2.24) is 5.32 Å². The third kappa shape index (κ3) is 2.54. The van der Waals surface area contributed by atoms with Crippen LogP contribution in [0.5, 0.6) is 0 Å². The SMILES string of the molecule is CCC(O)CN1CCNCc2ccccc21. The fourth-order valence-corrected chi connectivity index (χ4v) is 2.10. The molecule has 1 aromatic carbocycles. The maximum absolute atomic E-state index is 9.77. The van der Waals surface area contributed by atoms with Crippen LogP contribution in [0.1, 0.15) is 18.9 Å². The number of anilines is 1. The van der Waals surface area contributed by atoms with E-state index in [-0.39, 0.29) is 6.10 Å². The standard InChI is InChI=1S/C13H20N2O/c1-2-12(16)10-15-8-7-14-9-11-5-3-4-6-13(11)15/h3-6,12,14,16H,2,7-10H2,1H3. The van der Waals surface area contributed by atoms with Crippen molar-refractivity contribution >= 4 is 5.69 Å². The highest BCUT2D eigenvalue weighted by molar-refractivity contribution is 5.54. The van der Waals surface area contributed by atoms with Crippen LogP contribution in [0, 0.1) is 0 Å². The molecule has 1 aromatic rings. The minimum absolute atomic E-state index is 0.230. The summed E-state index contributed by atoms with van der Waals surface area (Å²) in [6.07, 6.45) is 0.581. The van der Waals surface area contributed by atoms with Gasteiger partial charge in [-0.3, -0.25) is 0 Å². The van der Waals surface area contributed by atoms with Crippen molar-refractivity contribution in [1.29, 1.82) is 0 Å². The Bertz CT molecular complexity index is 340. The molecule has 1 heterocycles. The van der Waals surface area contributed by atoms with E-state index in [1.165, 1.54) is 11.3 Å². The molecule has 2 N–H and O–H groups in total. The Hall–Kier alpha value is -1.06. The number of rotatable bonds is 3. The number of benzene rings is 1. The smallest absolute Gasteiger partial charge is 0.0712 e. The molecule has 3 heteroatoms. The molecule has 1 unspecified atom stereocenters. The Kier molecular flexibility index (Phi) is 3.80. The highest BCUT2D eigenvalue weighted by Gasteiger charge is 2.16. The molecule has 0 aliphatic carbocycles. The van der Waals surface area contributed by atoms with Crippen molar-refractivity contribution in [3.8, 4) is 0 Å². The highest BCUT2D eigenvalue weighted by atomic mass is 16.3. The number of nitrogens with zero attached hydrogens (tertiary/aromatic N) is 1. The van der Waals surface area contributed by atoms with E-state index in [4.69, 9.17) is 0 Å². The molecule has 16 heavy (non-hydrogen) atoms. The van der Waals surface area contributed by atoms with Gasteiger partial charge in [0.05, 0.1) is 6.10 Å². The lowest BCUT2D eigenvalue weighted by Crippen LogP contribution is -2.35. The minimum atomic E-state index is -0.230. The van der Waals surface area contributed by atoms with Gasteiger partial charge in [0.15, 0.2) is 0 Å². The normalized spacial score (nSPS) is 17.8. The predicted molar refractivity (Wildman–Crippen MR) is 66.7 cm³/mol. The molecule has 1 aliphatic rings. The average molecular weight is 220 g/mol. The summed E-state index contributed by atoms with van der Waals surface area (Å²) in [5.41, 5.74) is 2.59. The highest BCUT2D eigenvalue weighted by Crippen LogP contribution is 2.22. The summed E-state index contributed by atoms with van der Waals surface area (Å²) in [4.78, 5) is 2.28. The largest absolute Gasteiger partial charge is 0.391 e. The summed E-state index contributed by atoms with van der Waals surface area (Å²) in [6.45, 7) is 5.62. The molecule has 1 aliphatic heterocycles. The van der Waals surface area contributed by atoms with Crippen LogP contribution in [0.2, 0.25) is 0 Å². The van der Waals surface area contributed by atoms with Crippen LogP contribution in [-0.2, 0) is 6.54 Å². The van der Waals surface area contributed by atoms with Crippen LogP contribution in [0.3, 0.4) is 0 Å². The molecular weight excluding hydrogens is 200 g/mol. The number of aliphatic hydroxyl groups is 1. The second kappa shape index (κ2) is 5.32. The molecule has 3 nitrogen and oxygen atoms in total.